The first-order chi connectivity index (χ1) is 15.8. The van der Waals surface area contributed by atoms with Crippen LogP contribution in [0, 0.1) is 0 Å². The molecule has 2 N–H and O–H groups in total. The lowest BCUT2D eigenvalue weighted by molar-refractivity contribution is -0.274. The largest absolute Gasteiger partial charge is 0.573 e. The maximum atomic E-state index is 12.9. The van der Waals surface area contributed by atoms with Crippen molar-refractivity contribution in [3.8, 4) is 27.7 Å². The van der Waals surface area contributed by atoms with E-state index in [0.29, 0.717) is 11.3 Å². The number of halogens is 3. The SMILES string of the molecule is O=C1Nc2cc(OC(F)(F)F)ccc2Oc2ccc(-c3ccc(CN4CCNCC4)s3)cc21. The highest BCUT2D eigenvalue weighted by Crippen LogP contribution is 2.40. The fourth-order valence-electron chi connectivity index (χ4n) is 3.86. The molecule has 5 rings (SSSR count). The third-order valence-electron chi connectivity index (χ3n) is 5.41. The molecular weight excluding hydrogens is 455 g/mol. The smallest absolute Gasteiger partial charge is 0.454 e. The van der Waals surface area contributed by atoms with Gasteiger partial charge in [-0.15, -0.1) is 24.5 Å². The Balaban J connectivity index is 1.37. The van der Waals surface area contributed by atoms with Crippen LogP contribution in [0.25, 0.3) is 10.4 Å². The summed E-state index contributed by atoms with van der Waals surface area (Å²) in [6.07, 6.45) is -4.83. The van der Waals surface area contributed by atoms with E-state index >= 15 is 0 Å². The molecule has 0 spiro atoms. The summed E-state index contributed by atoms with van der Waals surface area (Å²) in [5.41, 5.74) is 1.28. The van der Waals surface area contributed by atoms with Crippen molar-refractivity contribution in [1.82, 2.24) is 10.2 Å². The molecule has 1 saturated heterocycles. The summed E-state index contributed by atoms with van der Waals surface area (Å²) in [6, 6.07) is 13.0. The molecule has 0 radical (unpaired) electrons. The Labute approximate surface area is 191 Å². The van der Waals surface area contributed by atoms with Crippen LogP contribution in [-0.2, 0) is 6.54 Å². The first-order valence-corrected chi connectivity index (χ1v) is 11.2. The standard InChI is InChI=1S/C23H20F3N3O3S/c24-23(25,26)32-15-2-5-20-18(12-15)28-22(30)17-11-14(1-4-19(17)31-20)21-6-3-16(33-21)13-29-9-7-27-8-10-29/h1-6,11-12,27H,7-10,13H2,(H,28,30). The summed E-state index contributed by atoms with van der Waals surface area (Å²) in [4.78, 5) is 17.5. The van der Waals surface area contributed by atoms with Crippen LogP contribution in [0.2, 0.25) is 0 Å². The topological polar surface area (TPSA) is 62.8 Å². The number of nitrogens with one attached hydrogen (secondary N) is 2. The second kappa shape index (κ2) is 8.69. The number of hydrogen-bond donors (Lipinski definition) is 2. The molecule has 0 aliphatic carbocycles. The number of carbonyl (C=O) groups is 1. The van der Waals surface area contributed by atoms with Crippen molar-refractivity contribution >= 4 is 22.9 Å². The number of amides is 1. The van der Waals surface area contributed by atoms with Gasteiger partial charge in [-0.3, -0.25) is 9.69 Å². The Kier molecular flexibility index (Phi) is 5.73. The third kappa shape index (κ3) is 4.97. The van der Waals surface area contributed by atoms with Crippen molar-refractivity contribution in [3.05, 3.63) is 59.0 Å². The van der Waals surface area contributed by atoms with E-state index in [2.05, 4.69) is 26.3 Å². The number of anilines is 1. The number of carbonyl (C=O) groups excluding carboxylic acids is 1. The van der Waals surface area contributed by atoms with Crippen molar-refractivity contribution < 1.29 is 27.4 Å². The van der Waals surface area contributed by atoms with E-state index in [0.717, 1.165) is 55.3 Å². The highest BCUT2D eigenvalue weighted by atomic mass is 32.1. The molecular formula is C23H20F3N3O3S. The minimum atomic E-state index is -4.83. The lowest BCUT2D eigenvalue weighted by atomic mass is 10.1. The number of hydrogen-bond acceptors (Lipinski definition) is 6. The van der Waals surface area contributed by atoms with Crippen LogP contribution in [0.5, 0.6) is 17.2 Å². The zero-order valence-corrected chi connectivity index (χ0v) is 18.2. The van der Waals surface area contributed by atoms with Gasteiger partial charge in [0.05, 0.1) is 11.3 Å². The van der Waals surface area contributed by atoms with E-state index < -0.39 is 18.0 Å². The summed E-state index contributed by atoms with van der Waals surface area (Å²) in [6.45, 7) is 4.90. The molecule has 33 heavy (non-hydrogen) atoms. The van der Waals surface area contributed by atoms with Gasteiger partial charge in [-0.25, -0.2) is 0 Å². The quantitative estimate of drug-likeness (QED) is 0.551. The van der Waals surface area contributed by atoms with Crippen molar-refractivity contribution in [1.29, 1.82) is 0 Å². The van der Waals surface area contributed by atoms with Crippen molar-refractivity contribution in [2.45, 2.75) is 12.9 Å². The van der Waals surface area contributed by atoms with Gasteiger partial charge in [-0.05, 0) is 48.0 Å². The lowest BCUT2D eigenvalue weighted by Gasteiger charge is -2.26. The second-order valence-corrected chi connectivity index (χ2v) is 8.93. The third-order valence-corrected chi connectivity index (χ3v) is 6.53. The van der Waals surface area contributed by atoms with Crippen LogP contribution in [0.3, 0.4) is 0 Å². The van der Waals surface area contributed by atoms with Gasteiger partial charge >= 0.3 is 6.36 Å². The molecule has 10 heteroatoms. The molecule has 1 aromatic heterocycles. The van der Waals surface area contributed by atoms with Gasteiger partial charge in [0.15, 0.2) is 5.75 Å². The normalized spacial score (nSPS) is 16.3. The van der Waals surface area contributed by atoms with Crippen LogP contribution in [0.4, 0.5) is 18.9 Å². The van der Waals surface area contributed by atoms with Gasteiger partial charge in [0.1, 0.15) is 11.5 Å². The van der Waals surface area contributed by atoms with Gasteiger partial charge < -0.3 is 20.1 Å². The van der Waals surface area contributed by atoms with E-state index in [-0.39, 0.29) is 11.4 Å². The molecule has 3 heterocycles. The average Bonchev–Trinajstić information content (AvgIpc) is 3.18. The van der Waals surface area contributed by atoms with Gasteiger partial charge in [-0.2, -0.15) is 0 Å². The number of benzene rings is 2. The Morgan fingerprint density at radius 2 is 1.82 bits per heavy atom. The van der Waals surface area contributed by atoms with E-state index in [1.165, 1.54) is 10.9 Å². The number of rotatable bonds is 4. The Morgan fingerprint density at radius 1 is 1.03 bits per heavy atom. The fourth-order valence-corrected chi connectivity index (χ4v) is 4.90. The maximum absolute atomic E-state index is 12.9. The Bertz CT molecular complexity index is 1190. The van der Waals surface area contributed by atoms with Crippen LogP contribution >= 0.6 is 11.3 Å². The van der Waals surface area contributed by atoms with Gasteiger partial charge in [0, 0.05) is 48.5 Å². The molecule has 0 saturated carbocycles. The van der Waals surface area contributed by atoms with E-state index in [4.69, 9.17) is 4.74 Å². The zero-order chi connectivity index (χ0) is 23.0. The van der Waals surface area contributed by atoms with Gasteiger partial charge in [-0.1, -0.05) is 0 Å². The summed E-state index contributed by atoms with van der Waals surface area (Å²) >= 11 is 1.67. The van der Waals surface area contributed by atoms with Crippen molar-refractivity contribution in [2.24, 2.45) is 0 Å². The number of fused-ring (bicyclic) bond motifs is 2. The van der Waals surface area contributed by atoms with Gasteiger partial charge in [0.25, 0.3) is 5.91 Å². The highest BCUT2D eigenvalue weighted by molar-refractivity contribution is 7.15. The minimum absolute atomic E-state index is 0.105. The molecule has 172 valence electrons. The van der Waals surface area contributed by atoms with E-state index in [9.17, 15) is 18.0 Å². The van der Waals surface area contributed by atoms with Crippen LogP contribution in [0.15, 0.2) is 48.5 Å². The zero-order valence-electron chi connectivity index (χ0n) is 17.4. The summed E-state index contributed by atoms with van der Waals surface area (Å²) in [5.74, 6) is -0.337. The first-order valence-electron chi connectivity index (χ1n) is 10.4. The number of ether oxygens (including phenoxy) is 2. The molecule has 0 unspecified atom stereocenters. The molecule has 2 aliphatic heterocycles. The molecule has 2 aliphatic rings. The van der Waals surface area contributed by atoms with E-state index in [1.807, 2.05) is 12.1 Å². The van der Waals surface area contributed by atoms with Crippen molar-refractivity contribution in [2.75, 3.05) is 31.5 Å². The van der Waals surface area contributed by atoms with Gasteiger partial charge in [0.2, 0.25) is 0 Å². The van der Waals surface area contributed by atoms with Crippen LogP contribution < -0.4 is 20.1 Å². The molecule has 1 fully saturated rings. The predicted molar refractivity (Wildman–Crippen MR) is 119 cm³/mol. The average molecular weight is 475 g/mol. The maximum Gasteiger partial charge on any atom is 0.573 e. The molecule has 1 amide bonds. The summed E-state index contributed by atoms with van der Waals surface area (Å²) in [5, 5.41) is 5.97. The van der Waals surface area contributed by atoms with Crippen LogP contribution in [0.1, 0.15) is 15.2 Å². The van der Waals surface area contributed by atoms with E-state index in [1.54, 1.807) is 23.5 Å². The highest BCUT2D eigenvalue weighted by Gasteiger charge is 2.32. The molecule has 6 nitrogen and oxygen atoms in total. The lowest BCUT2D eigenvalue weighted by Crippen LogP contribution is -2.42. The van der Waals surface area contributed by atoms with Crippen molar-refractivity contribution in [3.63, 3.8) is 0 Å². The number of alkyl halides is 3. The molecule has 0 atom stereocenters. The minimum Gasteiger partial charge on any atom is -0.454 e. The Hall–Kier alpha value is -3.08. The second-order valence-electron chi connectivity index (χ2n) is 7.77. The number of piperazine rings is 1. The first kappa shape index (κ1) is 21.7. The summed E-state index contributed by atoms with van der Waals surface area (Å²) < 4.78 is 47.4. The predicted octanol–water partition coefficient (Wildman–Crippen LogP) is 5.08. The Morgan fingerprint density at radius 3 is 2.61 bits per heavy atom. The summed E-state index contributed by atoms with van der Waals surface area (Å²) in [7, 11) is 0. The monoisotopic (exact) mass is 475 g/mol. The number of nitrogens with zero attached hydrogens (tertiary/aromatic N) is 1. The molecule has 2 aromatic carbocycles. The molecule has 0 bridgehead atoms. The van der Waals surface area contributed by atoms with Crippen LogP contribution in [-0.4, -0.2) is 43.3 Å². The molecule has 3 aromatic rings. The fraction of sp³-hybridized carbons (Fsp3) is 0.261. The number of thiophene rings is 1.